The van der Waals surface area contributed by atoms with Gasteiger partial charge in [-0.2, -0.15) is 8.78 Å². The summed E-state index contributed by atoms with van der Waals surface area (Å²) in [5.74, 6) is -0.711. The maximum Gasteiger partial charge on any atom is 0.387 e. The number of nitrogens with zero attached hydrogens (tertiary/aromatic N) is 1. The monoisotopic (exact) mass is 424 g/mol. The highest BCUT2D eigenvalue weighted by Gasteiger charge is 2.26. The fourth-order valence-electron chi connectivity index (χ4n) is 3.58. The molecule has 0 bridgehead atoms. The maximum absolute atomic E-state index is 12.8. The average Bonchev–Trinajstić information content (AvgIpc) is 3.22. The minimum Gasteiger partial charge on any atom is -0.493 e. The third kappa shape index (κ3) is 5.36. The van der Waals surface area contributed by atoms with Gasteiger partial charge in [-0.15, -0.1) is 0 Å². The minimum atomic E-state index is -3.07. The topological polar surface area (TPSA) is 50.8 Å². The van der Waals surface area contributed by atoms with Crippen LogP contribution in [0.1, 0.15) is 34.8 Å². The largest absolute Gasteiger partial charge is 0.493 e. The lowest BCUT2D eigenvalue weighted by Gasteiger charge is -2.28. The number of hydrogen-bond acceptors (Lipinski definition) is 4. The van der Waals surface area contributed by atoms with Crippen molar-refractivity contribution >= 4 is 17.5 Å². The molecule has 2 aromatic carbocycles. The number of methoxy groups -OCH3 is 1. The predicted octanol–water partition coefficient (Wildman–Crippen LogP) is 4.52. The molecular weight excluding hydrogens is 402 g/mol. The van der Waals surface area contributed by atoms with E-state index >= 15 is 0 Å². The Bertz CT molecular complexity index is 844. The van der Waals surface area contributed by atoms with Crippen LogP contribution < -0.4 is 14.8 Å². The van der Waals surface area contributed by atoms with Crippen LogP contribution in [0.4, 0.5) is 8.78 Å². The zero-order valence-corrected chi connectivity index (χ0v) is 16.8. The van der Waals surface area contributed by atoms with Gasteiger partial charge in [0.15, 0.2) is 11.5 Å². The second-order valence-electron chi connectivity index (χ2n) is 6.74. The smallest absolute Gasteiger partial charge is 0.387 e. The number of amides is 1. The number of likely N-dealkylation sites (tertiary alicyclic amines) is 1. The molecule has 0 saturated carbocycles. The Morgan fingerprint density at radius 1 is 1.21 bits per heavy atom. The van der Waals surface area contributed by atoms with Gasteiger partial charge in [0.1, 0.15) is 0 Å². The number of carbonyl (C=O) groups excluding carboxylic acids is 1. The molecule has 0 radical (unpaired) electrons. The van der Waals surface area contributed by atoms with Crippen LogP contribution in [-0.4, -0.2) is 44.2 Å². The number of alkyl halides is 2. The first-order valence-corrected chi connectivity index (χ1v) is 9.77. The van der Waals surface area contributed by atoms with Crippen molar-refractivity contribution in [1.82, 2.24) is 10.2 Å². The Labute approximate surface area is 173 Å². The molecule has 1 fully saturated rings. The summed E-state index contributed by atoms with van der Waals surface area (Å²) in [6.45, 7) is -0.913. The third-order valence-corrected chi connectivity index (χ3v) is 5.16. The zero-order chi connectivity index (χ0) is 20.8. The fourth-order valence-corrected chi connectivity index (χ4v) is 3.77. The summed E-state index contributed by atoms with van der Waals surface area (Å²) in [5.41, 5.74) is 0.991. The number of nitrogens with one attached hydrogen (secondary N) is 1. The zero-order valence-electron chi connectivity index (χ0n) is 16.0. The molecular formula is C21H23ClF2N2O3. The van der Waals surface area contributed by atoms with E-state index in [1.54, 1.807) is 12.1 Å². The molecule has 1 amide bonds. The molecule has 2 aromatic rings. The van der Waals surface area contributed by atoms with Gasteiger partial charge in [-0.25, -0.2) is 0 Å². The SMILES string of the molecule is COc1cccc(C(=O)NCC(c2cccc(Cl)c2)N2CCCC2)c1OC(F)F. The number of benzene rings is 2. The maximum atomic E-state index is 12.8. The lowest BCUT2D eigenvalue weighted by molar-refractivity contribution is -0.0515. The summed E-state index contributed by atoms with van der Waals surface area (Å²) in [5, 5.41) is 3.48. The predicted molar refractivity (Wildman–Crippen MR) is 107 cm³/mol. The van der Waals surface area contributed by atoms with Crippen LogP contribution in [0.5, 0.6) is 11.5 Å². The van der Waals surface area contributed by atoms with Gasteiger partial charge >= 0.3 is 6.61 Å². The molecule has 1 heterocycles. The van der Waals surface area contributed by atoms with E-state index in [1.165, 1.54) is 19.2 Å². The van der Waals surface area contributed by atoms with Crippen molar-refractivity contribution in [3.05, 3.63) is 58.6 Å². The normalized spacial score (nSPS) is 15.3. The number of para-hydroxylation sites is 1. The van der Waals surface area contributed by atoms with Crippen molar-refractivity contribution in [2.24, 2.45) is 0 Å². The molecule has 1 N–H and O–H groups in total. The highest BCUT2D eigenvalue weighted by atomic mass is 35.5. The number of hydrogen-bond donors (Lipinski definition) is 1. The third-order valence-electron chi connectivity index (χ3n) is 4.92. The van der Waals surface area contributed by atoms with Crippen molar-refractivity contribution in [1.29, 1.82) is 0 Å². The molecule has 5 nitrogen and oxygen atoms in total. The molecule has 1 aliphatic heterocycles. The summed E-state index contributed by atoms with van der Waals surface area (Å²) in [7, 11) is 1.33. The van der Waals surface area contributed by atoms with Gasteiger partial charge in [-0.05, 0) is 55.8 Å². The van der Waals surface area contributed by atoms with E-state index < -0.39 is 12.5 Å². The highest BCUT2D eigenvalue weighted by Crippen LogP contribution is 2.33. The van der Waals surface area contributed by atoms with Crippen LogP contribution in [0.15, 0.2) is 42.5 Å². The fraction of sp³-hybridized carbons (Fsp3) is 0.381. The Morgan fingerprint density at radius 3 is 2.59 bits per heavy atom. The van der Waals surface area contributed by atoms with Gasteiger partial charge in [0.25, 0.3) is 5.91 Å². The van der Waals surface area contributed by atoms with Gasteiger partial charge in [0.05, 0.1) is 18.7 Å². The van der Waals surface area contributed by atoms with E-state index in [4.69, 9.17) is 16.3 Å². The Morgan fingerprint density at radius 2 is 1.93 bits per heavy atom. The Hall–Kier alpha value is -2.38. The van der Waals surface area contributed by atoms with E-state index in [9.17, 15) is 13.6 Å². The first kappa shape index (κ1) is 21.3. The van der Waals surface area contributed by atoms with Crippen LogP contribution in [0.25, 0.3) is 0 Å². The van der Waals surface area contributed by atoms with Crippen molar-refractivity contribution in [2.75, 3.05) is 26.7 Å². The average molecular weight is 425 g/mol. The first-order chi connectivity index (χ1) is 14.0. The van der Waals surface area contributed by atoms with Gasteiger partial charge < -0.3 is 14.8 Å². The van der Waals surface area contributed by atoms with Crippen molar-refractivity contribution in [3.8, 4) is 11.5 Å². The molecule has 1 atom stereocenters. The Balaban J connectivity index is 1.80. The van der Waals surface area contributed by atoms with Crippen LogP contribution in [0, 0.1) is 0 Å². The lowest BCUT2D eigenvalue weighted by atomic mass is 10.1. The standard InChI is InChI=1S/C21H23ClF2N2O3/c1-28-18-9-5-8-16(19(18)29-21(23)24)20(27)25-13-17(26-10-2-3-11-26)14-6-4-7-15(22)12-14/h4-9,12,17,21H,2-3,10-11,13H2,1H3,(H,25,27). The summed E-state index contributed by atoms with van der Waals surface area (Å²) < 4.78 is 35.3. The molecule has 1 unspecified atom stereocenters. The molecule has 3 rings (SSSR count). The van der Waals surface area contributed by atoms with Gasteiger partial charge in [-0.3, -0.25) is 9.69 Å². The molecule has 0 aromatic heterocycles. The van der Waals surface area contributed by atoms with Crippen LogP contribution in [0.2, 0.25) is 5.02 Å². The molecule has 29 heavy (non-hydrogen) atoms. The van der Waals surface area contributed by atoms with Crippen LogP contribution in [-0.2, 0) is 0 Å². The lowest BCUT2D eigenvalue weighted by Crippen LogP contribution is -2.37. The van der Waals surface area contributed by atoms with Gasteiger partial charge in [-0.1, -0.05) is 29.8 Å². The quantitative estimate of drug-likeness (QED) is 0.677. The molecule has 1 saturated heterocycles. The number of carbonyl (C=O) groups is 1. The van der Waals surface area contributed by atoms with E-state index in [0.29, 0.717) is 11.6 Å². The Kier molecular flexibility index (Phi) is 7.28. The minimum absolute atomic E-state index is 0.00378. The molecule has 0 spiro atoms. The number of halogens is 3. The van der Waals surface area contributed by atoms with E-state index in [2.05, 4.69) is 15.0 Å². The first-order valence-electron chi connectivity index (χ1n) is 9.39. The second-order valence-corrected chi connectivity index (χ2v) is 7.18. The van der Waals surface area contributed by atoms with E-state index in [-0.39, 0.29) is 23.1 Å². The van der Waals surface area contributed by atoms with Gasteiger partial charge in [0.2, 0.25) is 0 Å². The van der Waals surface area contributed by atoms with Crippen molar-refractivity contribution in [2.45, 2.75) is 25.5 Å². The molecule has 0 aliphatic carbocycles. The summed E-state index contributed by atoms with van der Waals surface area (Å²) >= 11 is 6.15. The van der Waals surface area contributed by atoms with Crippen molar-refractivity contribution < 1.29 is 23.0 Å². The van der Waals surface area contributed by atoms with E-state index in [1.807, 2.05) is 18.2 Å². The number of rotatable bonds is 8. The summed E-state index contributed by atoms with van der Waals surface area (Å²) in [6, 6.07) is 11.9. The second kappa shape index (κ2) is 9.89. The van der Waals surface area contributed by atoms with E-state index in [0.717, 1.165) is 31.5 Å². The molecule has 8 heteroatoms. The van der Waals surface area contributed by atoms with Crippen LogP contribution in [0.3, 0.4) is 0 Å². The molecule has 156 valence electrons. The number of ether oxygens (including phenoxy) is 2. The summed E-state index contributed by atoms with van der Waals surface area (Å²) in [4.78, 5) is 15.1. The van der Waals surface area contributed by atoms with Crippen LogP contribution >= 0.6 is 11.6 Å². The van der Waals surface area contributed by atoms with Gasteiger partial charge in [0, 0.05) is 11.6 Å². The summed E-state index contributed by atoms with van der Waals surface area (Å²) in [6.07, 6.45) is 2.18. The molecule has 1 aliphatic rings. The van der Waals surface area contributed by atoms with Crippen molar-refractivity contribution in [3.63, 3.8) is 0 Å². The highest BCUT2D eigenvalue weighted by molar-refractivity contribution is 6.30.